The van der Waals surface area contributed by atoms with Crippen molar-refractivity contribution < 1.29 is 10.2 Å². The molecule has 0 spiro atoms. The Morgan fingerprint density at radius 3 is 2.33 bits per heavy atom. The van der Waals surface area contributed by atoms with E-state index in [9.17, 15) is 0 Å². The van der Waals surface area contributed by atoms with Crippen molar-refractivity contribution in [2.75, 3.05) is 13.2 Å². The fraction of sp³-hybridized carbons (Fsp3) is 1.00. The number of nitrogens with one attached hydrogen (secondary N) is 1. The molecule has 3 nitrogen and oxygen atoms in total. The summed E-state index contributed by atoms with van der Waals surface area (Å²) in [6.45, 7) is 4.23. The molecular weight excluding hydrogens is 118 g/mol. The SMILES string of the molecule is CC(CO)NC[C@H](C)O. The van der Waals surface area contributed by atoms with Gasteiger partial charge in [0.1, 0.15) is 0 Å². The highest BCUT2D eigenvalue weighted by molar-refractivity contribution is 4.59. The maximum atomic E-state index is 8.75. The molecule has 0 rings (SSSR count). The Morgan fingerprint density at radius 1 is 1.44 bits per heavy atom. The fourth-order valence-electron chi connectivity index (χ4n) is 0.436. The normalized spacial score (nSPS) is 17.3. The molecule has 0 radical (unpaired) electrons. The van der Waals surface area contributed by atoms with E-state index in [4.69, 9.17) is 10.2 Å². The van der Waals surface area contributed by atoms with Crippen molar-refractivity contribution in [1.29, 1.82) is 0 Å². The molecule has 0 aromatic carbocycles. The lowest BCUT2D eigenvalue weighted by Gasteiger charge is -2.11. The molecule has 3 heteroatoms. The summed E-state index contributed by atoms with van der Waals surface area (Å²) in [5.41, 5.74) is 0. The molecule has 0 aromatic heterocycles. The van der Waals surface area contributed by atoms with E-state index in [2.05, 4.69) is 5.32 Å². The van der Waals surface area contributed by atoms with E-state index in [1.165, 1.54) is 0 Å². The Balaban J connectivity index is 3.06. The van der Waals surface area contributed by atoms with Gasteiger partial charge in [-0.05, 0) is 13.8 Å². The second kappa shape index (κ2) is 4.73. The van der Waals surface area contributed by atoms with Gasteiger partial charge in [0, 0.05) is 12.6 Å². The smallest absolute Gasteiger partial charge is 0.0636 e. The van der Waals surface area contributed by atoms with Crippen LogP contribution < -0.4 is 5.32 Å². The maximum Gasteiger partial charge on any atom is 0.0636 e. The van der Waals surface area contributed by atoms with Crippen LogP contribution in [0.5, 0.6) is 0 Å². The van der Waals surface area contributed by atoms with Crippen LogP contribution in [-0.4, -0.2) is 35.5 Å². The second-order valence-corrected chi connectivity index (χ2v) is 2.34. The number of rotatable bonds is 4. The predicted molar refractivity (Wildman–Crippen MR) is 36.2 cm³/mol. The summed E-state index contributed by atoms with van der Waals surface area (Å²) in [5, 5.41) is 20.2. The van der Waals surface area contributed by atoms with Crippen LogP contribution in [0.2, 0.25) is 0 Å². The monoisotopic (exact) mass is 133 g/mol. The van der Waals surface area contributed by atoms with Crippen molar-refractivity contribution in [2.45, 2.75) is 26.0 Å². The first-order valence-electron chi connectivity index (χ1n) is 3.19. The number of aliphatic hydroxyl groups excluding tert-OH is 2. The minimum Gasteiger partial charge on any atom is -0.395 e. The quantitative estimate of drug-likeness (QED) is 0.477. The molecule has 2 atom stereocenters. The molecule has 0 aliphatic carbocycles. The minimum absolute atomic E-state index is 0.0830. The largest absolute Gasteiger partial charge is 0.395 e. The first kappa shape index (κ1) is 8.88. The summed E-state index contributed by atoms with van der Waals surface area (Å²) in [6, 6.07) is 0.0830. The van der Waals surface area contributed by atoms with Crippen molar-refractivity contribution in [2.24, 2.45) is 0 Å². The third-order valence-corrected chi connectivity index (χ3v) is 1.04. The lowest BCUT2D eigenvalue weighted by atomic mass is 10.3. The number of aliphatic hydroxyl groups is 2. The zero-order valence-corrected chi connectivity index (χ0v) is 5.96. The van der Waals surface area contributed by atoms with Gasteiger partial charge in [0.15, 0.2) is 0 Å². The van der Waals surface area contributed by atoms with Crippen LogP contribution in [0, 0.1) is 0 Å². The zero-order chi connectivity index (χ0) is 7.28. The van der Waals surface area contributed by atoms with Crippen LogP contribution in [0.25, 0.3) is 0 Å². The lowest BCUT2D eigenvalue weighted by molar-refractivity contribution is 0.175. The van der Waals surface area contributed by atoms with Gasteiger partial charge in [0.25, 0.3) is 0 Å². The molecule has 0 amide bonds. The predicted octanol–water partition coefficient (Wildman–Crippen LogP) is -0.662. The van der Waals surface area contributed by atoms with Gasteiger partial charge in [-0.2, -0.15) is 0 Å². The standard InChI is InChI=1S/C6H15NO2/c1-5(4-8)7-3-6(2)9/h5-9H,3-4H2,1-2H3/t5?,6-/m0/s1. The van der Waals surface area contributed by atoms with Gasteiger partial charge in [0.2, 0.25) is 0 Å². The van der Waals surface area contributed by atoms with Crippen LogP contribution in [0.1, 0.15) is 13.8 Å². The number of hydrogen-bond acceptors (Lipinski definition) is 3. The maximum absolute atomic E-state index is 8.75. The van der Waals surface area contributed by atoms with Crippen molar-refractivity contribution in [3.05, 3.63) is 0 Å². The van der Waals surface area contributed by atoms with E-state index in [0.717, 1.165) is 0 Å². The van der Waals surface area contributed by atoms with Crippen LogP contribution in [0.15, 0.2) is 0 Å². The third kappa shape index (κ3) is 5.76. The molecule has 0 saturated heterocycles. The van der Waals surface area contributed by atoms with E-state index < -0.39 is 0 Å². The van der Waals surface area contributed by atoms with Gasteiger partial charge < -0.3 is 15.5 Å². The summed E-state index contributed by atoms with van der Waals surface area (Å²) < 4.78 is 0. The Labute approximate surface area is 55.7 Å². The van der Waals surface area contributed by atoms with Crippen LogP contribution >= 0.6 is 0 Å². The second-order valence-electron chi connectivity index (χ2n) is 2.34. The van der Waals surface area contributed by atoms with Gasteiger partial charge in [0.05, 0.1) is 12.7 Å². The average Bonchev–Trinajstić information content (AvgIpc) is 1.83. The summed E-state index contributed by atoms with van der Waals surface area (Å²) in [6.07, 6.45) is -0.334. The Kier molecular flexibility index (Phi) is 4.67. The van der Waals surface area contributed by atoms with E-state index in [1.54, 1.807) is 6.92 Å². The van der Waals surface area contributed by atoms with Crippen molar-refractivity contribution in [1.82, 2.24) is 5.32 Å². The van der Waals surface area contributed by atoms with Gasteiger partial charge in [-0.1, -0.05) is 0 Å². The molecule has 1 unspecified atom stereocenters. The highest BCUT2D eigenvalue weighted by Gasteiger charge is 1.99. The van der Waals surface area contributed by atoms with Gasteiger partial charge in [-0.15, -0.1) is 0 Å². The molecule has 0 bridgehead atoms. The summed E-state index contributed by atoms with van der Waals surface area (Å²) in [5.74, 6) is 0. The highest BCUT2D eigenvalue weighted by Crippen LogP contribution is 1.80. The Morgan fingerprint density at radius 2 is 2.00 bits per heavy atom. The van der Waals surface area contributed by atoms with Crippen LogP contribution in [0.4, 0.5) is 0 Å². The molecule has 0 saturated carbocycles. The molecule has 0 aliphatic heterocycles. The molecule has 0 aliphatic rings. The van der Waals surface area contributed by atoms with E-state index in [0.29, 0.717) is 6.54 Å². The molecule has 0 aromatic rings. The molecule has 3 N–H and O–H groups in total. The Hall–Kier alpha value is -0.120. The molecule has 0 heterocycles. The molecule has 56 valence electrons. The molecule has 0 fully saturated rings. The third-order valence-electron chi connectivity index (χ3n) is 1.04. The first-order valence-corrected chi connectivity index (χ1v) is 3.19. The zero-order valence-electron chi connectivity index (χ0n) is 5.96. The van der Waals surface area contributed by atoms with Gasteiger partial charge in [-0.3, -0.25) is 0 Å². The van der Waals surface area contributed by atoms with E-state index in [1.807, 2.05) is 6.92 Å². The summed E-state index contributed by atoms with van der Waals surface area (Å²) in [4.78, 5) is 0. The highest BCUT2D eigenvalue weighted by atomic mass is 16.3. The van der Waals surface area contributed by atoms with Crippen LogP contribution in [-0.2, 0) is 0 Å². The van der Waals surface area contributed by atoms with Gasteiger partial charge >= 0.3 is 0 Å². The fourth-order valence-corrected chi connectivity index (χ4v) is 0.436. The van der Waals surface area contributed by atoms with Crippen molar-refractivity contribution in [3.63, 3.8) is 0 Å². The topological polar surface area (TPSA) is 52.5 Å². The van der Waals surface area contributed by atoms with Gasteiger partial charge in [-0.25, -0.2) is 0 Å². The van der Waals surface area contributed by atoms with E-state index in [-0.39, 0.29) is 18.8 Å². The minimum atomic E-state index is -0.334. The number of hydrogen-bond donors (Lipinski definition) is 3. The molecular formula is C6H15NO2. The molecule has 9 heavy (non-hydrogen) atoms. The summed E-state index contributed by atoms with van der Waals surface area (Å²) >= 11 is 0. The Bertz CT molecular complexity index is 66.1. The first-order chi connectivity index (χ1) is 4.16. The average molecular weight is 133 g/mol. The van der Waals surface area contributed by atoms with Crippen LogP contribution in [0.3, 0.4) is 0 Å². The summed E-state index contributed by atoms with van der Waals surface area (Å²) in [7, 11) is 0. The van der Waals surface area contributed by atoms with Crippen molar-refractivity contribution >= 4 is 0 Å². The van der Waals surface area contributed by atoms with E-state index >= 15 is 0 Å². The van der Waals surface area contributed by atoms with Crippen molar-refractivity contribution in [3.8, 4) is 0 Å². The lowest BCUT2D eigenvalue weighted by Crippen LogP contribution is -2.34.